The van der Waals surface area contributed by atoms with Gasteiger partial charge in [-0.2, -0.15) is 8.70 Å². The minimum atomic E-state index is -4.09. The molecule has 0 amide bonds. The third kappa shape index (κ3) is 3.63. The topological polar surface area (TPSA) is 101 Å². The maximum atomic E-state index is 13.6. The number of aliphatic hydroxyl groups is 1. The highest BCUT2D eigenvalue weighted by molar-refractivity contribution is 7.89. The van der Waals surface area contributed by atoms with E-state index >= 15 is 0 Å². The van der Waals surface area contributed by atoms with Gasteiger partial charge >= 0.3 is 5.69 Å². The molecule has 0 atom stereocenters. The third-order valence-electron chi connectivity index (χ3n) is 2.73. The second-order valence-corrected chi connectivity index (χ2v) is 6.14. The summed E-state index contributed by atoms with van der Waals surface area (Å²) in [6.45, 7) is 3.96. The van der Waals surface area contributed by atoms with Gasteiger partial charge in [-0.1, -0.05) is 6.08 Å². The van der Waals surface area contributed by atoms with Crippen molar-refractivity contribution in [3.8, 4) is 0 Å². The number of hydrogen-bond acceptors (Lipinski definition) is 5. The first kappa shape index (κ1) is 17.2. The van der Waals surface area contributed by atoms with Crippen molar-refractivity contribution in [2.75, 3.05) is 19.7 Å². The monoisotopic (exact) mass is 318 g/mol. The Labute approximate surface area is 121 Å². The summed E-state index contributed by atoms with van der Waals surface area (Å²) in [6, 6.07) is 1.69. The number of nitro groups is 1. The lowest BCUT2D eigenvalue weighted by Crippen LogP contribution is -2.33. The van der Waals surface area contributed by atoms with Gasteiger partial charge in [0.25, 0.3) is 0 Å². The van der Waals surface area contributed by atoms with Crippen LogP contribution in [0.3, 0.4) is 0 Å². The minimum Gasteiger partial charge on any atom is -0.395 e. The number of halogens is 1. The molecule has 1 rings (SSSR count). The first-order valence-corrected chi connectivity index (χ1v) is 7.36. The van der Waals surface area contributed by atoms with Crippen LogP contribution in [0.5, 0.6) is 0 Å². The molecule has 0 aliphatic heterocycles. The summed E-state index contributed by atoms with van der Waals surface area (Å²) in [4.78, 5) is 9.39. The predicted octanol–water partition coefficient (Wildman–Crippen LogP) is 1.21. The van der Waals surface area contributed by atoms with Crippen molar-refractivity contribution in [2.45, 2.75) is 11.8 Å². The second kappa shape index (κ2) is 6.74. The summed E-state index contributed by atoms with van der Waals surface area (Å²) < 4.78 is 39.3. The normalized spacial score (nSPS) is 11.6. The van der Waals surface area contributed by atoms with Gasteiger partial charge in [0, 0.05) is 19.2 Å². The third-order valence-corrected chi connectivity index (χ3v) is 4.57. The van der Waals surface area contributed by atoms with Crippen molar-refractivity contribution in [3.05, 3.63) is 46.3 Å². The molecule has 1 N–H and O–H groups in total. The Hall–Kier alpha value is -1.84. The van der Waals surface area contributed by atoms with Crippen LogP contribution >= 0.6 is 0 Å². The standard InChI is InChI=1S/C12H15FN2O5S/c1-3-4-14(5-6-16)21(19,20)10-7-9(2)12(13)11(8-10)15(17)18/h3,7-8,16H,1,4-6H2,2H3. The molecule has 116 valence electrons. The van der Waals surface area contributed by atoms with Crippen LogP contribution in [0.15, 0.2) is 29.7 Å². The fourth-order valence-electron chi connectivity index (χ4n) is 1.71. The van der Waals surface area contributed by atoms with Crippen molar-refractivity contribution < 1.29 is 22.8 Å². The van der Waals surface area contributed by atoms with Crippen molar-refractivity contribution in [1.82, 2.24) is 4.31 Å². The van der Waals surface area contributed by atoms with E-state index in [1.54, 1.807) is 0 Å². The van der Waals surface area contributed by atoms with Crippen LogP contribution in [0.25, 0.3) is 0 Å². The van der Waals surface area contributed by atoms with Crippen LogP contribution in [0.1, 0.15) is 5.56 Å². The predicted molar refractivity (Wildman–Crippen MR) is 73.8 cm³/mol. The van der Waals surface area contributed by atoms with Crippen LogP contribution in [0, 0.1) is 22.9 Å². The van der Waals surface area contributed by atoms with Gasteiger partial charge in [-0.3, -0.25) is 10.1 Å². The van der Waals surface area contributed by atoms with E-state index in [-0.39, 0.29) is 18.7 Å². The SMILES string of the molecule is C=CCN(CCO)S(=O)(=O)c1cc(C)c(F)c([N+](=O)[O-])c1. The lowest BCUT2D eigenvalue weighted by atomic mass is 10.2. The number of nitrogens with zero attached hydrogens (tertiary/aromatic N) is 2. The molecular weight excluding hydrogens is 303 g/mol. The number of aliphatic hydroxyl groups excluding tert-OH is 1. The van der Waals surface area contributed by atoms with Crippen molar-refractivity contribution >= 4 is 15.7 Å². The van der Waals surface area contributed by atoms with Gasteiger partial charge in [0.1, 0.15) is 0 Å². The molecule has 0 radical (unpaired) electrons. The molecule has 0 aliphatic rings. The number of hydrogen-bond donors (Lipinski definition) is 1. The number of aryl methyl sites for hydroxylation is 1. The Morgan fingerprint density at radius 3 is 2.62 bits per heavy atom. The summed E-state index contributed by atoms with van der Waals surface area (Å²) in [5.41, 5.74) is -1.05. The lowest BCUT2D eigenvalue weighted by Gasteiger charge is -2.19. The molecule has 1 aromatic carbocycles. The highest BCUT2D eigenvalue weighted by Crippen LogP contribution is 2.26. The molecule has 0 saturated heterocycles. The molecule has 0 heterocycles. The van der Waals surface area contributed by atoms with Gasteiger partial charge in [0.05, 0.1) is 16.4 Å². The number of benzene rings is 1. The van der Waals surface area contributed by atoms with E-state index in [0.29, 0.717) is 6.07 Å². The van der Waals surface area contributed by atoms with Crippen molar-refractivity contribution in [2.24, 2.45) is 0 Å². The Balaban J connectivity index is 3.43. The fourth-order valence-corrected chi connectivity index (χ4v) is 3.22. The first-order valence-electron chi connectivity index (χ1n) is 5.92. The van der Waals surface area contributed by atoms with Gasteiger partial charge in [-0.15, -0.1) is 6.58 Å². The molecule has 0 bridgehead atoms. The first-order chi connectivity index (χ1) is 9.75. The molecule has 0 aromatic heterocycles. The summed E-state index contributed by atoms with van der Waals surface area (Å²) in [5, 5.41) is 19.7. The number of rotatable bonds is 7. The minimum absolute atomic E-state index is 0.0763. The Morgan fingerprint density at radius 1 is 1.52 bits per heavy atom. The van der Waals surface area contributed by atoms with Crippen LogP contribution < -0.4 is 0 Å². The summed E-state index contributed by atoms with van der Waals surface area (Å²) >= 11 is 0. The van der Waals surface area contributed by atoms with Gasteiger partial charge < -0.3 is 5.11 Å². The van der Waals surface area contributed by atoms with Crippen molar-refractivity contribution in [1.29, 1.82) is 0 Å². The quantitative estimate of drug-likeness (QED) is 0.462. The fraction of sp³-hybridized carbons (Fsp3) is 0.333. The highest BCUT2D eigenvalue weighted by Gasteiger charge is 2.28. The van der Waals surface area contributed by atoms with E-state index in [4.69, 9.17) is 5.11 Å². The molecule has 1 aromatic rings. The maximum Gasteiger partial charge on any atom is 0.306 e. The molecule has 0 aliphatic carbocycles. The van der Waals surface area contributed by atoms with E-state index in [9.17, 15) is 22.9 Å². The molecule has 0 saturated carbocycles. The molecule has 7 nitrogen and oxygen atoms in total. The summed E-state index contributed by atoms with van der Waals surface area (Å²) in [7, 11) is -4.09. The molecule has 9 heteroatoms. The van der Waals surface area contributed by atoms with Gasteiger partial charge in [-0.25, -0.2) is 8.42 Å². The van der Waals surface area contributed by atoms with Crippen LogP contribution in [0.2, 0.25) is 0 Å². The lowest BCUT2D eigenvalue weighted by molar-refractivity contribution is -0.387. The molecular formula is C12H15FN2O5S. The largest absolute Gasteiger partial charge is 0.395 e. The summed E-state index contributed by atoms with van der Waals surface area (Å²) in [6.07, 6.45) is 1.32. The number of sulfonamides is 1. The Kier molecular flexibility index (Phi) is 5.53. The van der Waals surface area contributed by atoms with Gasteiger partial charge in [0.15, 0.2) is 0 Å². The maximum absolute atomic E-state index is 13.6. The smallest absolute Gasteiger partial charge is 0.306 e. The van der Waals surface area contributed by atoms with E-state index in [2.05, 4.69) is 6.58 Å². The van der Waals surface area contributed by atoms with Crippen LogP contribution in [-0.4, -0.2) is 42.4 Å². The zero-order valence-corrected chi connectivity index (χ0v) is 12.1. The molecule has 0 spiro atoms. The molecule has 0 unspecified atom stereocenters. The van der Waals surface area contributed by atoms with Crippen molar-refractivity contribution in [3.63, 3.8) is 0 Å². The zero-order valence-electron chi connectivity index (χ0n) is 11.3. The zero-order chi connectivity index (χ0) is 16.2. The molecule has 0 fully saturated rings. The Morgan fingerprint density at radius 2 is 2.14 bits per heavy atom. The second-order valence-electron chi connectivity index (χ2n) is 4.21. The number of nitro benzene ring substituents is 1. The van der Waals surface area contributed by atoms with E-state index in [1.165, 1.54) is 13.0 Å². The van der Waals surface area contributed by atoms with E-state index in [0.717, 1.165) is 10.4 Å². The van der Waals surface area contributed by atoms with E-state index in [1.807, 2.05) is 0 Å². The molecule has 21 heavy (non-hydrogen) atoms. The van der Waals surface area contributed by atoms with Gasteiger partial charge in [0.2, 0.25) is 15.8 Å². The van der Waals surface area contributed by atoms with Crippen LogP contribution in [0.4, 0.5) is 10.1 Å². The van der Waals surface area contributed by atoms with E-state index < -0.39 is 38.0 Å². The average molecular weight is 318 g/mol. The van der Waals surface area contributed by atoms with Gasteiger partial charge in [-0.05, 0) is 18.6 Å². The summed E-state index contributed by atoms with van der Waals surface area (Å²) in [5.74, 6) is -1.07. The highest BCUT2D eigenvalue weighted by atomic mass is 32.2. The Bertz CT molecular complexity index is 660. The average Bonchev–Trinajstić information content (AvgIpc) is 2.40. The van der Waals surface area contributed by atoms with Crippen LogP contribution in [-0.2, 0) is 10.0 Å².